The molecule has 122 valence electrons. The van der Waals surface area contributed by atoms with Crippen molar-refractivity contribution in [1.82, 2.24) is 9.88 Å². The molecule has 1 saturated heterocycles. The Balaban J connectivity index is 1.45. The fourth-order valence-corrected chi connectivity index (χ4v) is 4.96. The quantitative estimate of drug-likeness (QED) is 0.848. The van der Waals surface area contributed by atoms with Gasteiger partial charge >= 0.3 is 0 Å². The molecule has 0 bridgehead atoms. The fourth-order valence-electron chi connectivity index (χ4n) is 3.15. The molecule has 2 aliphatic rings. The number of aryl methyl sites for hydroxylation is 1. The summed E-state index contributed by atoms with van der Waals surface area (Å²) in [7, 11) is 0. The first-order chi connectivity index (χ1) is 11.2. The molecule has 1 amide bonds. The highest BCUT2D eigenvalue weighted by Gasteiger charge is 2.31. The maximum Gasteiger partial charge on any atom is 0.264 e. The van der Waals surface area contributed by atoms with Crippen molar-refractivity contribution < 1.29 is 4.79 Å². The summed E-state index contributed by atoms with van der Waals surface area (Å²) in [4.78, 5) is 22.8. The summed E-state index contributed by atoms with van der Waals surface area (Å²) in [6.07, 6.45) is 3.50. The van der Waals surface area contributed by atoms with Crippen molar-refractivity contribution in [2.75, 3.05) is 31.1 Å². The molecule has 0 N–H and O–H groups in total. The van der Waals surface area contributed by atoms with Crippen LogP contribution in [0.25, 0.3) is 0 Å². The van der Waals surface area contributed by atoms with Crippen molar-refractivity contribution in [1.29, 1.82) is 0 Å². The first kappa shape index (κ1) is 15.1. The maximum atomic E-state index is 12.9. The molecule has 0 aromatic carbocycles. The van der Waals surface area contributed by atoms with Gasteiger partial charge in [0, 0.05) is 31.6 Å². The molecule has 2 aromatic rings. The number of nitrogens with zero attached hydrogens (tertiary/aromatic N) is 3. The second kappa shape index (κ2) is 6.24. The van der Waals surface area contributed by atoms with Gasteiger partial charge in [0.15, 0.2) is 5.13 Å². The summed E-state index contributed by atoms with van der Waals surface area (Å²) in [5.41, 5.74) is 2.37. The van der Waals surface area contributed by atoms with Gasteiger partial charge in [-0.25, -0.2) is 4.98 Å². The molecular formula is C17H21N3OS2. The van der Waals surface area contributed by atoms with Gasteiger partial charge in [-0.05, 0) is 49.1 Å². The number of thiophene rings is 1. The summed E-state index contributed by atoms with van der Waals surface area (Å²) in [5.74, 6) is 0.876. The van der Waals surface area contributed by atoms with Crippen molar-refractivity contribution in [3.63, 3.8) is 0 Å². The number of thiazole rings is 1. The predicted molar refractivity (Wildman–Crippen MR) is 95.9 cm³/mol. The molecule has 0 spiro atoms. The van der Waals surface area contributed by atoms with Gasteiger partial charge in [0.05, 0.1) is 10.6 Å². The van der Waals surface area contributed by atoms with Gasteiger partial charge in [-0.2, -0.15) is 0 Å². The average Bonchev–Trinajstić information content (AvgIpc) is 3.21. The van der Waals surface area contributed by atoms with E-state index in [1.54, 1.807) is 22.7 Å². The highest BCUT2D eigenvalue weighted by molar-refractivity contribution is 7.13. The van der Waals surface area contributed by atoms with E-state index in [2.05, 4.69) is 26.7 Å². The summed E-state index contributed by atoms with van der Waals surface area (Å²) < 4.78 is 0. The van der Waals surface area contributed by atoms with E-state index < -0.39 is 0 Å². The van der Waals surface area contributed by atoms with Crippen molar-refractivity contribution in [2.24, 2.45) is 0 Å². The molecule has 4 rings (SSSR count). The second-order valence-corrected chi connectivity index (χ2v) is 8.14. The molecule has 23 heavy (non-hydrogen) atoms. The molecule has 3 heterocycles. The molecule has 0 unspecified atom stereocenters. The number of aromatic nitrogens is 1. The van der Waals surface area contributed by atoms with Crippen LogP contribution in [0.5, 0.6) is 0 Å². The number of rotatable bonds is 3. The number of hydrogen-bond donors (Lipinski definition) is 0. The Morgan fingerprint density at radius 2 is 2.09 bits per heavy atom. The lowest BCUT2D eigenvalue weighted by molar-refractivity contribution is 0.0771. The van der Waals surface area contributed by atoms with Crippen LogP contribution >= 0.6 is 22.7 Å². The maximum absolute atomic E-state index is 12.9. The minimum absolute atomic E-state index is 0.235. The van der Waals surface area contributed by atoms with Gasteiger partial charge in [-0.1, -0.05) is 0 Å². The lowest BCUT2D eigenvalue weighted by atomic mass is 10.1. The summed E-state index contributed by atoms with van der Waals surface area (Å²) in [6, 6.07) is 2.15. The number of amides is 1. The minimum Gasteiger partial charge on any atom is -0.346 e. The van der Waals surface area contributed by atoms with E-state index in [-0.39, 0.29) is 5.91 Å². The number of carbonyl (C=O) groups is 1. The van der Waals surface area contributed by atoms with Crippen molar-refractivity contribution in [3.05, 3.63) is 33.0 Å². The summed E-state index contributed by atoms with van der Waals surface area (Å²) in [6.45, 7) is 5.53. The highest BCUT2D eigenvalue weighted by Crippen LogP contribution is 2.43. The normalized spacial score (nSPS) is 19.0. The smallest absolute Gasteiger partial charge is 0.264 e. The van der Waals surface area contributed by atoms with Crippen LogP contribution in [0.2, 0.25) is 0 Å². The van der Waals surface area contributed by atoms with E-state index >= 15 is 0 Å². The Labute approximate surface area is 144 Å². The first-order valence-corrected chi connectivity index (χ1v) is 10.0. The second-order valence-electron chi connectivity index (χ2n) is 6.38. The molecule has 0 radical (unpaired) electrons. The van der Waals surface area contributed by atoms with Crippen LogP contribution in [0.4, 0.5) is 5.13 Å². The Hall–Kier alpha value is -1.40. The van der Waals surface area contributed by atoms with Crippen LogP contribution in [0.3, 0.4) is 0 Å². The minimum atomic E-state index is 0.235. The lowest BCUT2D eigenvalue weighted by Crippen LogP contribution is -2.35. The average molecular weight is 348 g/mol. The predicted octanol–water partition coefficient (Wildman–Crippen LogP) is 3.74. The van der Waals surface area contributed by atoms with E-state index in [0.29, 0.717) is 5.92 Å². The zero-order chi connectivity index (χ0) is 15.8. The summed E-state index contributed by atoms with van der Waals surface area (Å²) >= 11 is 3.31. The molecule has 1 saturated carbocycles. The van der Waals surface area contributed by atoms with E-state index in [1.165, 1.54) is 18.4 Å². The third-order valence-electron chi connectivity index (χ3n) is 4.57. The van der Waals surface area contributed by atoms with E-state index in [4.69, 9.17) is 0 Å². The van der Waals surface area contributed by atoms with Crippen molar-refractivity contribution in [2.45, 2.75) is 32.1 Å². The van der Waals surface area contributed by atoms with Crippen LogP contribution < -0.4 is 4.90 Å². The molecular weight excluding hydrogens is 326 g/mol. The molecule has 6 heteroatoms. The summed E-state index contributed by atoms with van der Waals surface area (Å²) in [5, 5.41) is 5.26. The zero-order valence-electron chi connectivity index (χ0n) is 13.3. The van der Waals surface area contributed by atoms with Gasteiger partial charge in [-0.3, -0.25) is 4.79 Å². The number of hydrogen-bond acceptors (Lipinski definition) is 5. The van der Waals surface area contributed by atoms with E-state index in [0.717, 1.165) is 48.3 Å². The van der Waals surface area contributed by atoms with Crippen LogP contribution in [-0.4, -0.2) is 42.0 Å². The zero-order valence-corrected chi connectivity index (χ0v) is 15.0. The molecule has 2 fully saturated rings. The largest absolute Gasteiger partial charge is 0.346 e. The molecule has 1 aliphatic heterocycles. The van der Waals surface area contributed by atoms with Crippen LogP contribution in [0, 0.1) is 6.92 Å². The van der Waals surface area contributed by atoms with Crippen molar-refractivity contribution in [3.8, 4) is 0 Å². The monoisotopic (exact) mass is 347 g/mol. The van der Waals surface area contributed by atoms with Crippen LogP contribution in [-0.2, 0) is 0 Å². The Bertz CT molecular complexity index is 704. The van der Waals surface area contributed by atoms with E-state index in [1.807, 2.05) is 11.8 Å². The Morgan fingerprint density at radius 1 is 1.22 bits per heavy atom. The fraction of sp³-hybridized carbons (Fsp3) is 0.529. The molecule has 4 nitrogen and oxygen atoms in total. The SMILES string of the molecule is Cc1csc(N2CCCN(C(=O)c3sccc3C3CC3)CC2)n1. The van der Waals surface area contributed by atoms with E-state index in [9.17, 15) is 4.79 Å². The third-order valence-corrected chi connectivity index (χ3v) is 6.51. The van der Waals surface area contributed by atoms with Gasteiger partial charge < -0.3 is 9.80 Å². The third kappa shape index (κ3) is 3.15. The van der Waals surface area contributed by atoms with Crippen LogP contribution in [0.15, 0.2) is 16.8 Å². The van der Waals surface area contributed by atoms with Crippen molar-refractivity contribution >= 4 is 33.7 Å². The topological polar surface area (TPSA) is 36.4 Å². The van der Waals surface area contributed by atoms with Gasteiger partial charge in [0.25, 0.3) is 5.91 Å². The molecule has 2 aromatic heterocycles. The Morgan fingerprint density at radius 3 is 2.83 bits per heavy atom. The number of carbonyl (C=O) groups excluding carboxylic acids is 1. The Kier molecular flexibility index (Phi) is 4.11. The van der Waals surface area contributed by atoms with Crippen LogP contribution in [0.1, 0.15) is 46.1 Å². The molecule has 0 atom stereocenters. The van der Waals surface area contributed by atoms with Gasteiger partial charge in [0.2, 0.25) is 0 Å². The lowest BCUT2D eigenvalue weighted by Gasteiger charge is -2.21. The van der Waals surface area contributed by atoms with Gasteiger partial charge in [-0.15, -0.1) is 22.7 Å². The highest BCUT2D eigenvalue weighted by atomic mass is 32.1. The number of anilines is 1. The van der Waals surface area contributed by atoms with Gasteiger partial charge in [0.1, 0.15) is 0 Å². The molecule has 1 aliphatic carbocycles. The standard InChI is InChI=1S/C17H21N3OS2/c1-12-11-23-17(18-12)20-7-2-6-19(8-9-20)16(21)15-14(5-10-22-15)13-3-4-13/h5,10-11,13H,2-4,6-9H2,1H3. The first-order valence-electron chi connectivity index (χ1n) is 8.26.